The van der Waals surface area contributed by atoms with Gasteiger partial charge in [-0.3, -0.25) is 0 Å². The largest absolute Gasteiger partial charge is 0.493 e. The molecular formula is C43H53NO6S2. The highest BCUT2D eigenvalue weighted by Crippen LogP contribution is 2.63. The third-order valence-electron chi connectivity index (χ3n) is 10.3. The first-order valence-electron chi connectivity index (χ1n) is 18.8. The summed E-state index contributed by atoms with van der Waals surface area (Å²) in [5.41, 5.74) is 3.21. The van der Waals surface area contributed by atoms with Crippen LogP contribution < -0.4 is 9.47 Å². The first-order chi connectivity index (χ1) is 25.6. The molecule has 6 rings (SSSR count). The molecule has 0 spiro atoms. The van der Waals surface area contributed by atoms with Gasteiger partial charge in [-0.1, -0.05) is 66.5 Å². The maximum Gasteiger partial charge on any atom is 0.231 e. The number of hydrogen-bond acceptors (Lipinski definition) is 9. The van der Waals surface area contributed by atoms with Crippen molar-refractivity contribution < 1.29 is 29.3 Å². The molecule has 0 saturated heterocycles. The average Bonchev–Trinajstić information content (AvgIpc) is 3.18. The second kappa shape index (κ2) is 19.2. The van der Waals surface area contributed by atoms with Crippen LogP contribution in [0.2, 0.25) is 0 Å². The van der Waals surface area contributed by atoms with E-state index in [9.17, 15) is 10.2 Å². The molecule has 1 heterocycles. The van der Waals surface area contributed by atoms with Crippen molar-refractivity contribution in [1.29, 1.82) is 0 Å². The zero-order valence-corrected chi connectivity index (χ0v) is 31.9. The quantitative estimate of drug-likeness (QED) is 0.0513. The lowest BCUT2D eigenvalue weighted by molar-refractivity contribution is -0.223. The summed E-state index contributed by atoms with van der Waals surface area (Å²) in [5, 5.41) is 24.3. The summed E-state index contributed by atoms with van der Waals surface area (Å²) >= 11 is 3.56. The number of aliphatic hydroxyl groups excluding tert-OH is 2. The highest BCUT2D eigenvalue weighted by molar-refractivity contribution is 8.00. The van der Waals surface area contributed by atoms with Crippen LogP contribution in [0.15, 0.2) is 118 Å². The summed E-state index contributed by atoms with van der Waals surface area (Å²) in [7, 11) is 0. The zero-order chi connectivity index (χ0) is 36.2. The van der Waals surface area contributed by atoms with E-state index in [4.69, 9.17) is 24.2 Å². The molecule has 1 aliphatic heterocycles. The van der Waals surface area contributed by atoms with Gasteiger partial charge in [0.15, 0.2) is 0 Å². The Bertz CT molecular complexity index is 1640. The maximum absolute atomic E-state index is 9.86. The predicted octanol–water partition coefficient (Wildman–Crippen LogP) is 9.30. The van der Waals surface area contributed by atoms with Crippen LogP contribution in [0.25, 0.3) is 0 Å². The van der Waals surface area contributed by atoms with E-state index < -0.39 is 5.79 Å². The van der Waals surface area contributed by atoms with Crippen molar-refractivity contribution >= 4 is 29.2 Å². The number of rotatable bonds is 20. The summed E-state index contributed by atoms with van der Waals surface area (Å²) in [5.74, 6) is 1.80. The Kier molecular flexibility index (Phi) is 14.2. The summed E-state index contributed by atoms with van der Waals surface area (Å²) < 4.78 is 20.7. The monoisotopic (exact) mass is 743 g/mol. The predicted molar refractivity (Wildman–Crippen MR) is 212 cm³/mol. The lowest BCUT2D eigenvalue weighted by Gasteiger charge is -2.58. The fraction of sp³-hybridized carbons (Fsp3) is 0.465. The second-order valence-corrected chi connectivity index (χ2v) is 16.0. The third kappa shape index (κ3) is 8.93. The molecule has 3 aliphatic rings. The van der Waals surface area contributed by atoms with Crippen molar-refractivity contribution in [3.8, 4) is 11.5 Å². The number of fused-ring (bicyclic) bond motifs is 2. The van der Waals surface area contributed by atoms with Crippen molar-refractivity contribution in [2.75, 3.05) is 38.8 Å². The molecule has 0 radical (unpaired) electrons. The molecular weight excluding hydrogens is 691 g/mol. The third-order valence-corrected chi connectivity index (χ3v) is 12.6. The molecule has 1 saturated carbocycles. The Labute approximate surface area is 317 Å². The van der Waals surface area contributed by atoms with Crippen molar-refractivity contribution in [1.82, 2.24) is 0 Å². The van der Waals surface area contributed by atoms with E-state index in [2.05, 4.69) is 73.3 Å². The van der Waals surface area contributed by atoms with Gasteiger partial charge in [0.1, 0.15) is 18.1 Å². The number of allylic oxidation sites excluding steroid dienone is 1. The fourth-order valence-corrected chi connectivity index (χ4v) is 10.2. The minimum Gasteiger partial charge on any atom is -0.493 e. The minimum absolute atomic E-state index is 0.0274. The van der Waals surface area contributed by atoms with Gasteiger partial charge < -0.3 is 29.3 Å². The average molecular weight is 744 g/mol. The molecule has 2 aliphatic carbocycles. The number of hydrogen-bond donors (Lipinski definition) is 2. The highest BCUT2D eigenvalue weighted by atomic mass is 32.2. The standard InChI is InChI=1S/C43H53NO6S2/c1-3-25-48-43-40(52-34-18-9-6-10-19-34)30-38(44-49-4-2)36-28-31(15-11-13-23-45)35(20-12-14-24-46)41(42(36)43)37-29-32(21-22-39(37)50-43)47-26-27-51-33-16-7-5-8-17-33/h3,5-10,16-19,21-22,28-29,31,35,40-42,45-46H,1,4,11-15,20,23-27,30H2,2H3/t31-,35+,40-,41+,42+,43+/m0/s1. The Morgan fingerprint density at radius 1 is 0.942 bits per heavy atom. The lowest BCUT2D eigenvalue weighted by Crippen LogP contribution is -2.64. The fourth-order valence-electron chi connectivity index (χ4n) is 8.16. The van der Waals surface area contributed by atoms with Gasteiger partial charge in [0.25, 0.3) is 0 Å². The molecule has 0 bridgehead atoms. The molecule has 278 valence electrons. The van der Waals surface area contributed by atoms with Crippen molar-refractivity contribution in [3.05, 3.63) is 109 Å². The minimum atomic E-state index is -1.01. The first kappa shape index (κ1) is 38.5. The van der Waals surface area contributed by atoms with Gasteiger partial charge in [0, 0.05) is 46.7 Å². The normalized spacial score (nSPS) is 25.4. The van der Waals surface area contributed by atoms with Gasteiger partial charge in [0.2, 0.25) is 5.79 Å². The number of benzene rings is 3. The summed E-state index contributed by atoms with van der Waals surface area (Å²) in [6, 6.07) is 27.2. The van der Waals surface area contributed by atoms with E-state index in [0.717, 1.165) is 77.5 Å². The van der Waals surface area contributed by atoms with Gasteiger partial charge in [-0.05, 0) is 92.5 Å². The number of nitrogens with zero attached hydrogens (tertiary/aromatic N) is 1. The number of unbranched alkanes of at least 4 members (excludes halogenated alkanes) is 2. The summed E-state index contributed by atoms with van der Waals surface area (Å²) in [6.07, 6.45) is 10.1. The van der Waals surface area contributed by atoms with E-state index in [0.29, 0.717) is 26.2 Å². The van der Waals surface area contributed by atoms with Crippen LogP contribution in [-0.2, 0) is 9.57 Å². The van der Waals surface area contributed by atoms with E-state index >= 15 is 0 Å². The number of thioether (sulfide) groups is 2. The topological polar surface area (TPSA) is 89.7 Å². The highest BCUT2D eigenvalue weighted by Gasteiger charge is 2.64. The van der Waals surface area contributed by atoms with Gasteiger partial charge in [-0.25, -0.2) is 0 Å². The van der Waals surface area contributed by atoms with Gasteiger partial charge >= 0.3 is 0 Å². The summed E-state index contributed by atoms with van der Waals surface area (Å²) in [4.78, 5) is 8.19. The maximum atomic E-state index is 9.86. The number of oxime groups is 1. The van der Waals surface area contributed by atoms with Crippen LogP contribution in [0.3, 0.4) is 0 Å². The Morgan fingerprint density at radius 3 is 2.38 bits per heavy atom. The van der Waals surface area contributed by atoms with E-state index in [1.54, 1.807) is 23.5 Å². The molecule has 0 amide bonds. The van der Waals surface area contributed by atoms with E-state index in [-0.39, 0.29) is 42.1 Å². The molecule has 1 fully saturated rings. The molecule has 3 aromatic rings. The molecule has 7 nitrogen and oxygen atoms in total. The molecule has 0 unspecified atom stereocenters. The number of ether oxygens (including phenoxy) is 3. The van der Waals surface area contributed by atoms with Gasteiger partial charge in [-0.2, -0.15) is 0 Å². The molecule has 6 atom stereocenters. The first-order valence-corrected chi connectivity index (χ1v) is 20.7. The molecule has 52 heavy (non-hydrogen) atoms. The van der Waals surface area contributed by atoms with Crippen LogP contribution in [0.4, 0.5) is 0 Å². The molecule has 9 heteroatoms. The van der Waals surface area contributed by atoms with Crippen LogP contribution >= 0.6 is 23.5 Å². The second-order valence-electron chi connectivity index (χ2n) is 13.6. The number of aliphatic hydroxyl groups is 2. The zero-order valence-electron chi connectivity index (χ0n) is 30.2. The smallest absolute Gasteiger partial charge is 0.231 e. The molecule has 3 aromatic carbocycles. The van der Waals surface area contributed by atoms with Crippen LogP contribution in [0, 0.1) is 17.8 Å². The summed E-state index contributed by atoms with van der Waals surface area (Å²) in [6.45, 7) is 7.75. The van der Waals surface area contributed by atoms with E-state index in [1.807, 2.05) is 31.2 Å². The van der Waals surface area contributed by atoms with Crippen molar-refractivity contribution in [3.63, 3.8) is 0 Å². The lowest BCUT2D eigenvalue weighted by atomic mass is 9.56. The van der Waals surface area contributed by atoms with Crippen molar-refractivity contribution in [2.45, 2.75) is 78.6 Å². The van der Waals surface area contributed by atoms with Crippen LogP contribution in [0.5, 0.6) is 11.5 Å². The Balaban J connectivity index is 1.46. The molecule has 2 N–H and O–H groups in total. The van der Waals surface area contributed by atoms with Crippen LogP contribution in [-0.4, -0.2) is 65.7 Å². The van der Waals surface area contributed by atoms with Crippen LogP contribution in [0.1, 0.15) is 63.4 Å². The Morgan fingerprint density at radius 2 is 1.67 bits per heavy atom. The molecule has 0 aromatic heterocycles. The Hall–Kier alpha value is -3.21. The van der Waals surface area contributed by atoms with Crippen molar-refractivity contribution in [2.24, 2.45) is 22.9 Å². The van der Waals surface area contributed by atoms with Gasteiger partial charge in [-0.15, -0.1) is 30.1 Å². The van der Waals surface area contributed by atoms with E-state index in [1.165, 1.54) is 4.90 Å². The van der Waals surface area contributed by atoms with Gasteiger partial charge in [0.05, 0.1) is 30.1 Å². The SMILES string of the molecule is C=CCO[C@@]12Oc3ccc(OCCSc4ccccc4)cc3[C@H]3[C@H](CCCCO)[C@@H](CCCCO)C=C(C(=NOCC)C[C@@H]1Sc1ccccc1)[C@H]32.